The van der Waals surface area contributed by atoms with Gasteiger partial charge in [-0.2, -0.15) is 0 Å². The van der Waals surface area contributed by atoms with Gasteiger partial charge < -0.3 is 15.2 Å². The van der Waals surface area contributed by atoms with E-state index in [9.17, 15) is 14.0 Å². The van der Waals surface area contributed by atoms with Gasteiger partial charge in [0.05, 0.1) is 7.11 Å². The van der Waals surface area contributed by atoms with Gasteiger partial charge in [-0.15, -0.1) is 0 Å². The number of carboxylic acids is 1. The molecule has 1 aromatic carbocycles. The fourth-order valence-corrected chi connectivity index (χ4v) is 1.72. The van der Waals surface area contributed by atoms with Crippen molar-refractivity contribution < 1.29 is 23.8 Å². The molecule has 0 heterocycles. The zero-order chi connectivity index (χ0) is 15.8. The summed E-state index contributed by atoms with van der Waals surface area (Å²) < 4.78 is 18.2. The minimum absolute atomic E-state index is 0.116. The Morgan fingerprint density at radius 2 is 2.19 bits per heavy atom. The predicted molar refractivity (Wildman–Crippen MR) is 76.5 cm³/mol. The Balaban J connectivity index is 2.69. The van der Waals surface area contributed by atoms with Crippen LogP contribution in [0.1, 0.15) is 25.3 Å². The summed E-state index contributed by atoms with van der Waals surface area (Å²) in [4.78, 5) is 22.5. The van der Waals surface area contributed by atoms with Crippen LogP contribution < -0.4 is 10.1 Å². The molecule has 2 N–H and O–H groups in total. The van der Waals surface area contributed by atoms with E-state index in [1.165, 1.54) is 31.4 Å². The van der Waals surface area contributed by atoms with Crippen LogP contribution in [0.4, 0.5) is 4.39 Å². The summed E-state index contributed by atoms with van der Waals surface area (Å²) in [5.74, 6) is -2.03. The number of halogens is 1. The summed E-state index contributed by atoms with van der Waals surface area (Å²) in [5, 5.41) is 11.3. The number of carbonyl (C=O) groups excluding carboxylic acids is 1. The third kappa shape index (κ3) is 5.25. The lowest BCUT2D eigenvalue weighted by Crippen LogP contribution is -2.39. The average Bonchev–Trinajstić information content (AvgIpc) is 2.44. The van der Waals surface area contributed by atoms with E-state index in [0.717, 1.165) is 0 Å². The molecule has 1 atom stereocenters. The van der Waals surface area contributed by atoms with Crippen LogP contribution in [0, 0.1) is 5.82 Å². The van der Waals surface area contributed by atoms with Gasteiger partial charge in [0.2, 0.25) is 5.91 Å². The van der Waals surface area contributed by atoms with E-state index in [-0.39, 0.29) is 5.75 Å². The summed E-state index contributed by atoms with van der Waals surface area (Å²) >= 11 is 0. The Labute approximate surface area is 122 Å². The highest BCUT2D eigenvalue weighted by Gasteiger charge is 2.17. The molecule has 0 fully saturated rings. The SMILES string of the molecule is CCC[C@H](NC(=O)/C=C/c1ccc(OC)c(F)c1)C(=O)O. The molecule has 6 heteroatoms. The Kier molecular flexibility index (Phi) is 6.39. The third-order valence-electron chi connectivity index (χ3n) is 2.79. The molecule has 21 heavy (non-hydrogen) atoms. The predicted octanol–water partition coefficient (Wildman–Crippen LogP) is 2.22. The van der Waals surface area contributed by atoms with Crippen molar-refractivity contribution in [2.75, 3.05) is 7.11 Å². The molecule has 0 saturated carbocycles. The quantitative estimate of drug-likeness (QED) is 0.756. The van der Waals surface area contributed by atoms with Gasteiger partial charge in [0.1, 0.15) is 6.04 Å². The van der Waals surface area contributed by atoms with Gasteiger partial charge in [-0.3, -0.25) is 4.79 Å². The standard InChI is InChI=1S/C15H18FNO4/c1-3-4-12(15(19)20)17-14(18)8-6-10-5-7-13(21-2)11(16)9-10/h5-9,12H,3-4H2,1-2H3,(H,17,18)(H,19,20)/b8-6+/t12-/m0/s1. The van der Waals surface area contributed by atoms with Gasteiger partial charge in [0.25, 0.3) is 0 Å². The fraction of sp³-hybridized carbons (Fsp3) is 0.333. The monoisotopic (exact) mass is 295 g/mol. The molecule has 1 rings (SSSR count). The number of ether oxygens (including phenoxy) is 1. The van der Waals surface area contributed by atoms with Crippen LogP contribution in [-0.4, -0.2) is 30.1 Å². The van der Waals surface area contributed by atoms with Crippen molar-refractivity contribution in [1.82, 2.24) is 5.32 Å². The molecular weight excluding hydrogens is 277 g/mol. The number of hydrogen-bond acceptors (Lipinski definition) is 3. The van der Waals surface area contributed by atoms with Crippen LogP contribution in [0.3, 0.4) is 0 Å². The number of carboxylic acid groups (broad SMARTS) is 1. The van der Waals surface area contributed by atoms with Gasteiger partial charge >= 0.3 is 5.97 Å². The molecule has 0 aliphatic rings. The Hall–Kier alpha value is -2.37. The van der Waals surface area contributed by atoms with E-state index in [1.807, 2.05) is 6.92 Å². The lowest BCUT2D eigenvalue weighted by Gasteiger charge is -2.11. The first-order valence-electron chi connectivity index (χ1n) is 6.52. The molecule has 0 unspecified atom stereocenters. The first-order valence-corrected chi connectivity index (χ1v) is 6.52. The van der Waals surface area contributed by atoms with Crippen molar-refractivity contribution in [1.29, 1.82) is 0 Å². The van der Waals surface area contributed by atoms with Crippen molar-refractivity contribution in [3.8, 4) is 5.75 Å². The average molecular weight is 295 g/mol. The highest BCUT2D eigenvalue weighted by molar-refractivity contribution is 5.94. The van der Waals surface area contributed by atoms with Gasteiger partial charge in [0.15, 0.2) is 11.6 Å². The zero-order valence-corrected chi connectivity index (χ0v) is 11.9. The number of methoxy groups -OCH3 is 1. The number of nitrogens with one attached hydrogen (secondary N) is 1. The second kappa shape index (κ2) is 8.04. The number of amides is 1. The molecule has 1 amide bonds. The van der Waals surface area contributed by atoms with Crippen LogP contribution in [0.15, 0.2) is 24.3 Å². The van der Waals surface area contributed by atoms with Crippen LogP contribution in [0.25, 0.3) is 6.08 Å². The molecular formula is C15H18FNO4. The number of rotatable bonds is 7. The van der Waals surface area contributed by atoms with Crippen LogP contribution in [-0.2, 0) is 9.59 Å². The summed E-state index contributed by atoms with van der Waals surface area (Å²) in [7, 11) is 1.36. The largest absolute Gasteiger partial charge is 0.494 e. The second-order valence-corrected chi connectivity index (χ2v) is 4.42. The second-order valence-electron chi connectivity index (χ2n) is 4.42. The van der Waals surface area contributed by atoms with Crippen LogP contribution in [0.5, 0.6) is 5.75 Å². The lowest BCUT2D eigenvalue weighted by molar-refractivity contribution is -0.141. The minimum Gasteiger partial charge on any atom is -0.494 e. The summed E-state index contributed by atoms with van der Waals surface area (Å²) in [6.45, 7) is 1.83. The van der Waals surface area contributed by atoms with Gasteiger partial charge in [-0.1, -0.05) is 19.4 Å². The smallest absolute Gasteiger partial charge is 0.326 e. The molecule has 0 bridgehead atoms. The van der Waals surface area contributed by atoms with E-state index in [2.05, 4.69) is 5.32 Å². The number of benzene rings is 1. The van der Waals surface area contributed by atoms with E-state index in [0.29, 0.717) is 18.4 Å². The van der Waals surface area contributed by atoms with E-state index in [4.69, 9.17) is 9.84 Å². The Morgan fingerprint density at radius 3 is 2.71 bits per heavy atom. The molecule has 0 aliphatic carbocycles. The molecule has 0 radical (unpaired) electrons. The topological polar surface area (TPSA) is 75.6 Å². The zero-order valence-electron chi connectivity index (χ0n) is 11.9. The Bertz CT molecular complexity index is 542. The van der Waals surface area contributed by atoms with Crippen molar-refractivity contribution >= 4 is 18.0 Å². The minimum atomic E-state index is -1.07. The van der Waals surface area contributed by atoms with E-state index >= 15 is 0 Å². The first kappa shape index (κ1) is 16.7. The maximum absolute atomic E-state index is 13.5. The normalized spacial score (nSPS) is 12.1. The number of aliphatic carboxylic acids is 1. The summed E-state index contributed by atoms with van der Waals surface area (Å²) in [6.07, 6.45) is 3.58. The molecule has 5 nitrogen and oxygen atoms in total. The van der Waals surface area contributed by atoms with E-state index in [1.54, 1.807) is 6.07 Å². The van der Waals surface area contributed by atoms with Gasteiger partial charge in [0, 0.05) is 6.08 Å². The molecule has 0 aliphatic heterocycles. The van der Waals surface area contributed by atoms with Crippen LogP contribution >= 0.6 is 0 Å². The third-order valence-corrected chi connectivity index (χ3v) is 2.79. The molecule has 0 aromatic heterocycles. The van der Waals surface area contributed by atoms with E-state index < -0.39 is 23.7 Å². The number of hydrogen-bond donors (Lipinski definition) is 2. The molecule has 0 saturated heterocycles. The van der Waals surface area contributed by atoms with Crippen molar-refractivity contribution in [3.63, 3.8) is 0 Å². The lowest BCUT2D eigenvalue weighted by atomic mass is 10.1. The highest BCUT2D eigenvalue weighted by atomic mass is 19.1. The summed E-state index contributed by atoms with van der Waals surface area (Å²) in [5.41, 5.74) is 0.478. The molecule has 0 spiro atoms. The Morgan fingerprint density at radius 1 is 1.48 bits per heavy atom. The highest BCUT2D eigenvalue weighted by Crippen LogP contribution is 2.18. The van der Waals surface area contributed by atoms with Gasteiger partial charge in [-0.05, 0) is 30.2 Å². The van der Waals surface area contributed by atoms with Crippen LogP contribution in [0.2, 0.25) is 0 Å². The first-order chi connectivity index (χ1) is 9.97. The summed E-state index contributed by atoms with van der Waals surface area (Å²) in [6, 6.07) is 3.35. The van der Waals surface area contributed by atoms with Crippen molar-refractivity contribution in [2.24, 2.45) is 0 Å². The van der Waals surface area contributed by atoms with Crippen molar-refractivity contribution in [2.45, 2.75) is 25.8 Å². The maximum Gasteiger partial charge on any atom is 0.326 e. The maximum atomic E-state index is 13.5. The molecule has 114 valence electrons. The van der Waals surface area contributed by atoms with Gasteiger partial charge in [-0.25, -0.2) is 9.18 Å². The number of carbonyl (C=O) groups is 2. The molecule has 1 aromatic rings. The van der Waals surface area contributed by atoms with Crippen molar-refractivity contribution in [3.05, 3.63) is 35.7 Å². The fourth-order valence-electron chi connectivity index (χ4n) is 1.72.